The molecule has 2 amide bonds. The molecule has 3 fully saturated rings. The van der Waals surface area contributed by atoms with Crippen LogP contribution in [0.4, 0.5) is 5.69 Å². The molecule has 6 atom stereocenters. The van der Waals surface area contributed by atoms with Gasteiger partial charge in [0.05, 0.1) is 18.1 Å². The number of carbonyl (C=O) groups is 3. The zero-order valence-corrected chi connectivity index (χ0v) is 24.3. The number of benzene rings is 1. The number of anilines is 1. The molecule has 40 heavy (non-hydrogen) atoms. The number of halogens is 1. The summed E-state index contributed by atoms with van der Waals surface area (Å²) in [7, 11) is 0. The number of fused-ring (bicyclic) bond motifs is 1. The van der Waals surface area contributed by atoms with Crippen LogP contribution < -0.4 is 4.90 Å². The number of ether oxygens (including phenoxy) is 2. The highest BCUT2D eigenvalue weighted by molar-refractivity contribution is 6.30. The van der Waals surface area contributed by atoms with Crippen LogP contribution in [0.15, 0.2) is 49.6 Å². The Morgan fingerprint density at radius 3 is 2.55 bits per heavy atom. The first-order valence-electron chi connectivity index (χ1n) is 14.2. The van der Waals surface area contributed by atoms with E-state index in [-0.39, 0.29) is 37.5 Å². The first kappa shape index (κ1) is 30.3. The number of hydrogen-bond donors (Lipinski definition) is 1. The second-order valence-electron chi connectivity index (χ2n) is 11.3. The van der Waals surface area contributed by atoms with Gasteiger partial charge >= 0.3 is 5.97 Å². The smallest absolute Gasteiger partial charge is 0.312 e. The summed E-state index contributed by atoms with van der Waals surface area (Å²) in [6, 6.07) is 6.07. The highest BCUT2D eigenvalue weighted by Gasteiger charge is 2.80. The molecule has 218 valence electrons. The van der Waals surface area contributed by atoms with Crippen LogP contribution in [-0.2, 0) is 23.9 Å². The van der Waals surface area contributed by atoms with Crippen molar-refractivity contribution in [1.29, 1.82) is 0 Å². The normalized spacial score (nSPS) is 30.3. The van der Waals surface area contributed by atoms with Gasteiger partial charge in [0.15, 0.2) is 0 Å². The molecule has 4 rings (SSSR count). The van der Waals surface area contributed by atoms with Crippen LogP contribution in [-0.4, -0.2) is 71.3 Å². The summed E-state index contributed by atoms with van der Waals surface area (Å²) >= 11 is 6.12. The minimum atomic E-state index is -1.15. The second kappa shape index (κ2) is 12.5. The number of hydrogen-bond acceptors (Lipinski definition) is 6. The van der Waals surface area contributed by atoms with Crippen molar-refractivity contribution in [2.75, 3.05) is 31.2 Å². The quantitative estimate of drug-likeness (QED) is 0.200. The summed E-state index contributed by atoms with van der Waals surface area (Å²) < 4.78 is 12.4. The first-order chi connectivity index (χ1) is 19.2. The molecule has 3 aliphatic heterocycles. The van der Waals surface area contributed by atoms with Crippen molar-refractivity contribution in [2.45, 2.75) is 69.6 Å². The number of carbonyl (C=O) groups excluding carboxylic acids is 3. The Morgan fingerprint density at radius 1 is 1.20 bits per heavy atom. The Balaban J connectivity index is 1.74. The number of nitrogens with zero attached hydrogens (tertiary/aromatic N) is 2. The van der Waals surface area contributed by atoms with E-state index in [1.54, 1.807) is 46.2 Å². The van der Waals surface area contributed by atoms with Gasteiger partial charge in [0.1, 0.15) is 17.6 Å². The number of amides is 2. The Hall–Kier alpha value is -2.68. The standard InChI is InChI=1S/C31H41ClN2O6/c1-5-7-19-39-29(38)25-24-27(36)34(17-10-8-9-11-18-35)26(31(24)20-21(3)30(25,4)40-31)28(37)33(16-6-2)23-14-12-22(32)13-15-23/h5-6,12-15,21,24-26,35H,1-2,7-11,16-20H2,3-4H3/t21?,24-,25+,26?,30-,31?/m0/s1. The van der Waals surface area contributed by atoms with Crippen molar-refractivity contribution in [3.8, 4) is 0 Å². The third kappa shape index (κ3) is 5.21. The average molecular weight is 573 g/mol. The summed E-state index contributed by atoms with van der Waals surface area (Å²) in [5.41, 5.74) is -1.45. The molecule has 8 nitrogen and oxygen atoms in total. The van der Waals surface area contributed by atoms with Crippen molar-refractivity contribution < 1.29 is 29.0 Å². The lowest BCUT2D eigenvalue weighted by Crippen LogP contribution is -2.57. The van der Waals surface area contributed by atoms with Gasteiger partial charge in [-0.05, 0) is 62.8 Å². The van der Waals surface area contributed by atoms with Crippen molar-refractivity contribution in [2.24, 2.45) is 17.8 Å². The predicted octanol–water partition coefficient (Wildman–Crippen LogP) is 4.54. The molecule has 9 heteroatoms. The molecule has 0 saturated carbocycles. The number of likely N-dealkylation sites (tertiary alicyclic amines) is 1. The van der Waals surface area contributed by atoms with Crippen molar-refractivity contribution in [3.05, 3.63) is 54.6 Å². The highest BCUT2D eigenvalue weighted by atomic mass is 35.5. The van der Waals surface area contributed by atoms with Gasteiger partial charge in [-0.3, -0.25) is 14.4 Å². The third-order valence-corrected chi connectivity index (χ3v) is 9.14. The average Bonchev–Trinajstić information content (AvgIpc) is 3.44. The molecule has 0 aliphatic carbocycles. The zero-order chi connectivity index (χ0) is 29.1. The highest BCUT2D eigenvalue weighted by Crippen LogP contribution is 2.65. The van der Waals surface area contributed by atoms with Gasteiger partial charge in [0, 0.05) is 30.4 Å². The molecule has 3 saturated heterocycles. The van der Waals surface area contributed by atoms with E-state index >= 15 is 0 Å². The van der Waals surface area contributed by atoms with Crippen LogP contribution in [0.1, 0.15) is 52.4 Å². The van der Waals surface area contributed by atoms with E-state index in [4.69, 9.17) is 26.2 Å². The summed E-state index contributed by atoms with van der Waals surface area (Å²) in [6.07, 6.45) is 7.29. The Labute approximate surface area is 241 Å². The minimum absolute atomic E-state index is 0.0725. The van der Waals surface area contributed by atoms with E-state index in [1.807, 2.05) is 13.8 Å². The summed E-state index contributed by atoms with van der Waals surface area (Å²) in [5.74, 6) is -2.68. The summed E-state index contributed by atoms with van der Waals surface area (Å²) in [4.78, 5) is 45.5. The van der Waals surface area contributed by atoms with E-state index in [1.165, 1.54) is 0 Å². The zero-order valence-electron chi connectivity index (χ0n) is 23.5. The number of unbranched alkanes of at least 4 members (excludes halogenated alkanes) is 3. The molecule has 3 unspecified atom stereocenters. The fourth-order valence-electron chi connectivity index (χ4n) is 6.92. The molecule has 0 aromatic heterocycles. The minimum Gasteiger partial charge on any atom is -0.465 e. The van der Waals surface area contributed by atoms with Gasteiger partial charge in [0.2, 0.25) is 5.91 Å². The summed E-state index contributed by atoms with van der Waals surface area (Å²) in [5, 5.41) is 9.71. The van der Waals surface area contributed by atoms with Crippen LogP contribution in [0.3, 0.4) is 0 Å². The Kier molecular flexibility index (Phi) is 9.43. The van der Waals surface area contributed by atoms with Gasteiger partial charge in [0.25, 0.3) is 5.91 Å². The van der Waals surface area contributed by atoms with Gasteiger partial charge in [-0.15, -0.1) is 13.2 Å². The monoisotopic (exact) mass is 572 g/mol. The lowest BCUT2D eigenvalue weighted by molar-refractivity contribution is -0.161. The van der Waals surface area contributed by atoms with E-state index in [0.717, 1.165) is 12.8 Å². The van der Waals surface area contributed by atoms with Crippen molar-refractivity contribution in [1.82, 2.24) is 4.90 Å². The Bertz CT molecular complexity index is 1130. The number of aliphatic hydroxyl groups is 1. The predicted molar refractivity (Wildman–Crippen MR) is 154 cm³/mol. The molecular weight excluding hydrogens is 532 g/mol. The number of esters is 1. The second-order valence-corrected chi connectivity index (χ2v) is 11.8. The fourth-order valence-corrected chi connectivity index (χ4v) is 7.04. The Morgan fingerprint density at radius 2 is 1.90 bits per heavy atom. The lowest BCUT2D eigenvalue weighted by Gasteiger charge is -2.37. The van der Waals surface area contributed by atoms with Gasteiger partial charge < -0.3 is 24.4 Å². The van der Waals surface area contributed by atoms with E-state index in [2.05, 4.69) is 13.2 Å². The molecule has 3 aliphatic rings. The molecule has 3 heterocycles. The molecule has 0 radical (unpaired) electrons. The third-order valence-electron chi connectivity index (χ3n) is 8.89. The molecule has 1 aromatic carbocycles. The van der Waals surface area contributed by atoms with Gasteiger partial charge in [-0.1, -0.05) is 43.5 Å². The molecule has 1 spiro atoms. The first-order valence-corrected chi connectivity index (χ1v) is 14.6. The SMILES string of the molecule is C=CCCOC(=O)[C@H]1[C@H]2C(=O)N(CCCCCCO)C(C(=O)N(CC=C)c3ccc(Cl)cc3)C23CC(C)[C@]1(C)O3. The van der Waals surface area contributed by atoms with Gasteiger partial charge in [-0.25, -0.2) is 0 Å². The van der Waals surface area contributed by atoms with E-state index < -0.39 is 35.0 Å². The summed E-state index contributed by atoms with van der Waals surface area (Å²) in [6.45, 7) is 12.3. The number of aliphatic hydroxyl groups excluding tert-OH is 1. The molecule has 1 aromatic rings. The van der Waals surface area contributed by atoms with Crippen molar-refractivity contribution >= 4 is 35.1 Å². The topological polar surface area (TPSA) is 96.4 Å². The van der Waals surface area contributed by atoms with Crippen LogP contribution >= 0.6 is 11.6 Å². The van der Waals surface area contributed by atoms with Gasteiger partial charge in [-0.2, -0.15) is 0 Å². The molecule has 1 N–H and O–H groups in total. The maximum atomic E-state index is 14.5. The van der Waals surface area contributed by atoms with Crippen LogP contribution in [0.2, 0.25) is 5.02 Å². The fraction of sp³-hybridized carbons (Fsp3) is 0.581. The largest absolute Gasteiger partial charge is 0.465 e. The van der Waals surface area contributed by atoms with Crippen LogP contribution in [0.5, 0.6) is 0 Å². The molecular formula is C31H41ClN2O6. The van der Waals surface area contributed by atoms with E-state index in [0.29, 0.717) is 42.9 Å². The van der Waals surface area contributed by atoms with Crippen LogP contribution in [0.25, 0.3) is 0 Å². The van der Waals surface area contributed by atoms with Crippen LogP contribution in [0, 0.1) is 17.8 Å². The maximum Gasteiger partial charge on any atom is 0.312 e. The lowest BCUT2D eigenvalue weighted by atomic mass is 9.62. The molecule has 2 bridgehead atoms. The van der Waals surface area contributed by atoms with Crippen molar-refractivity contribution in [3.63, 3.8) is 0 Å². The maximum absolute atomic E-state index is 14.5. The number of rotatable bonds is 14. The van der Waals surface area contributed by atoms with E-state index in [9.17, 15) is 14.4 Å².